The van der Waals surface area contributed by atoms with Crippen LogP contribution >= 0.6 is 0 Å². The first-order chi connectivity index (χ1) is 8.59. The maximum atomic E-state index is 11.0. The average Bonchev–Trinajstić information content (AvgIpc) is 2.87. The molecule has 1 aromatic heterocycles. The van der Waals surface area contributed by atoms with E-state index in [1.54, 1.807) is 14.0 Å². The molecule has 0 bridgehead atoms. The van der Waals surface area contributed by atoms with Gasteiger partial charge in [-0.2, -0.15) is 5.10 Å². The summed E-state index contributed by atoms with van der Waals surface area (Å²) in [6, 6.07) is 0.533. The van der Waals surface area contributed by atoms with Crippen LogP contribution in [0.25, 0.3) is 0 Å². The lowest BCUT2D eigenvalue weighted by atomic mass is 10.1. The van der Waals surface area contributed by atoms with Crippen molar-refractivity contribution in [3.05, 3.63) is 15.8 Å². The second-order valence-corrected chi connectivity index (χ2v) is 4.67. The van der Waals surface area contributed by atoms with Crippen molar-refractivity contribution in [2.45, 2.75) is 32.2 Å². The van der Waals surface area contributed by atoms with Crippen LogP contribution in [0.3, 0.4) is 0 Å². The van der Waals surface area contributed by atoms with Crippen molar-refractivity contribution in [1.29, 1.82) is 0 Å². The van der Waals surface area contributed by atoms with Crippen LogP contribution in [0.1, 0.15) is 25.0 Å². The van der Waals surface area contributed by atoms with Gasteiger partial charge in [0.05, 0.1) is 4.92 Å². The molecule has 18 heavy (non-hydrogen) atoms. The van der Waals surface area contributed by atoms with Crippen LogP contribution in [0, 0.1) is 17.0 Å². The number of hydrogen-bond donors (Lipinski definition) is 2. The van der Waals surface area contributed by atoms with Crippen LogP contribution in [-0.4, -0.2) is 33.8 Å². The first-order valence-electron chi connectivity index (χ1n) is 6.25. The average molecular weight is 253 g/mol. The Balaban J connectivity index is 1.97. The standard InChI is InChI=1S/C11H19N5O2/c1-8-10(16(17)18)11(15(2)14-8)13-7-5-9-4-3-6-12-9/h9,12-13H,3-7H2,1-2H3/t9-/m1/s1. The summed E-state index contributed by atoms with van der Waals surface area (Å²) in [5.41, 5.74) is 0.529. The highest BCUT2D eigenvalue weighted by Crippen LogP contribution is 2.27. The van der Waals surface area contributed by atoms with Crippen LogP contribution < -0.4 is 10.6 Å². The number of aryl methyl sites for hydroxylation is 2. The second-order valence-electron chi connectivity index (χ2n) is 4.67. The molecule has 2 N–H and O–H groups in total. The molecule has 1 fully saturated rings. The van der Waals surface area contributed by atoms with E-state index in [2.05, 4.69) is 15.7 Å². The van der Waals surface area contributed by atoms with E-state index in [1.165, 1.54) is 17.5 Å². The summed E-state index contributed by atoms with van der Waals surface area (Å²) < 4.78 is 1.54. The summed E-state index contributed by atoms with van der Waals surface area (Å²) in [7, 11) is 1.72. The molecule has 7 nitrogen and oxygen atoms in total. The van der Waals surface area contributed by atoms with Crippen molar-refractivity contribution in [3.63, 3.8) is 0 Å². The van der Waals surface area contributed by atoms with Gasteiger partial charge in [0.15, 0.2) is 0 Å². The van der Waals surface area contributed by atoms with E-state index in [9.17, 15) is 10.1 Å². The van der Waals surface area contributed by atoms with E-state index < -0.39 is 0 Å². The summed E-state index contributed by atoms with van der Waals surface area (Å²) >= 11 is 0. The van der Waals surface area contributed by atoms with Crippen molar-refractivity contribution >= 4 is 11.5 Å². The van der Waals surface area contributed by atoms with Crippen molar-refractivity contribution in [3.8, 4) is 0 Å². The number of nitrogens with zero attached hydrogens (tertiary/aromatic N) is 3. The molecule has 1 saturated heterocycles. The lowest BCUT2D eigenvalue weighted by molar-refractivity contribution is -0.384. The van der Waals surface area contributed by atoms with Gasteiger partial charge in [-0.25, -0.2) is 4.68 Å². The molecule has 0 saturated carbocycles. The Morgan fingerprint density at radius 3 is 3.06 bits per heavy atom. The summed E-state index contributed by atoms with van der Waals surface area (Å²) in [5.74, 6) is 0.496. The molecule has 1 aliphatic heterocycles. The van der Waals surface area contributed by atoms with Gasteiger partial charge in [-0.05, 0) is 32.7 Å². The minimum absolute atomic E-state index is 0.0804. The number of anilines is 1. The van der Waals surface area contributed by atoms with E-state index in [4.69, 9.17) is 0 Å². The van der Waals surface area contributed by atoms with Gasteiger partial charge >= 0.3 is 5.69 Å². The molecule has 0 aromatic carbocycles. The fourth-order valence-electron chi connectivity index (χ4n) is 2.43. The Bertz CT molecular complexity index is 437. The van der Waals surface area contributed by atoms with Gasteiger partial charge in [-0.3, -0.25) is 10.1 Å². The third kappa shape index (κ3) is 2.61. The second kappa shape index (κ2) is 5.34. The molecule has 1 atom stereocenters. The number of rotatable bonds is 5. The van der Waals surface area contributed by atoms with Gasteiger partial charge in [0.2, 0.25) is 5.82 Å². The molecule has 0 aliphatic carbocycles. The van der Waals surface area contributed by atoms with E-state index in [1.807, 2.05) is 0 Å². The van der Waals surface area contributed by atoms with Gasteiger partial charge in [-0.1, -0.05) is 0 Å². The van der Waals surface area contributed by atoms with E-state index in [0.717, 1.165) is 19.5 Å². The normalized spacial score (nSPS) is 19.1. The van der Waals surface area contributed by atoms with Gasteiger partial charge in [0.25, 0.3) is 0 Å². The molecule has 0 unspecified atom stereocenters. The molecular formula is C11H19N5O2. The molecular weight excluding hydrogens is 234 g/mol. The van der Waals surface area contributed by atoms with Gasteiger partial charge < -0.3 is 10.6 Å². The molecule has 7 heteroatoms. The third-order valence-corrected chi connectivity index (χ3v) is 3.32. The van der Waals surface area contributed by atoms with Gasteiger partial charge in [0, 0.05) is 19.6 Å². The SMILES string of the molecule is Cc1nn(C)c(NCC[C@H]2CCCN2)c1[N+](=O)[O-]. The molecule has 2 heterocycles. The monoisotopic (exact) mass is 253 g/mol. The van der Waals surface area contributed by atoms with Crippen LogP contribution in [0.15, 0.2) is 0 Å². The molecule has 100 valence electrons. The molecule has 0 radical (unpaired) electrons. The fraction of sp³-hybridized carbons (Fsp3) is 0.727. The first kappa shape index (κ1) is 12.8. The molecule has 2 rings (SSSR count). The van der Waals surface area contributed by atoms with Crippen LogP contribution in [0.2, 0.25) is 0 Å². The number of nitro groups is 1. The Labute approximate surface area is 106 Å². The number of aromatic nitrogens is 2. The van der Waals surface area contributed by atoms with Crippen LogP contribution in [0.4, 0.5) is 11.5 Å². The van der Waals surface area contributed by atoms with Gasteiger partial charge in [-0.15, -0.1) is 0 Å². The zero-order valence-corrected chi connectivity index (χ0v) is 10.8. The smallest absolute Gasteiger partial charge is 0.333 e. The number of nitrogens with one attached hydrogen (secondary N) is 2. The van der Waals surface area contributed by atoms with Crippen molar-refractivity contribution in [1.82, 2.24) is 15.1 Å². The minimum Gasteiger partial charge on any atom is -0.364 e. The maximum Gasteiger partial charge on any atom is 0.333 e. The molecule has 0 spiro atoms. The Hall–Kier alpha value is -1.63. The van der Waals surface area contributed by atoms with E-state index >= 15 is 0 Å². The Kier molecular flexibility index (Phi) is 3.81. The highest BCUT2D eigenvalue weighted by Gasteiger charge is 2.23. The highest BCUT2D eigenvalue weighted by molar-refractivity contribution is 5.59. The molecule has 0 amide bonds. The maximum absolute atomic E-state index is 11.0. The van der Waals surface area contributed by atoms with Crippen LogP contribution in [-0.2, 0) is 7.05 Å². The van der Waals surface area contributed by atoms with Gasteiger partial charge in [0.1, 0.15) is 5.69 Å². The molecule has 1 aliphatic rings. The van der Waals surface area contributed by atoms with E-state index in [0.29, 0.717) is 17.6 Å². The number of hydrogen-bond acceptors (Lipinski definition) is 5. The van der Waals surface area contributed by atoms with Crippen molar-refractivity contribution in [2.75, 3.05) is 18.4 Å². The summed E-state index contributed by atoms with van der Waals surface area (Å²) in [4.78, 5) is 10.6. The third-order valence-electron chi connectivity index (χ3n) is 3.32. The minimum atomic E-state index is -0.377. The summed E-state index contributed by atoms with van der Waals surface area (Å²) in [6.45, 7) is 3.45. The fourth-order valence-corrected chi connectivity index (χ4v) is 2.43. The predicted octanol–water partition coefficient (Wildman–Crippen LogP) is 1.19. The first-order valence-corrected chi connectivity index (χ1v) is 6.25. The topological polar surface area (TPSA) is 85.0 Å². The van der Waals surface area contributed by atoms with Crippen LogP contribution in [0.5, 0.6) is 0 Å². The highest BCUT2D eigenvalue weighted by atomic mass is 16.6. The quantitative estimate of drug-likeness (QED) is 0.608. The molecule has 1 aromatic rings. The Morgan fingerprint density at radius 1 is 1.67 bits per heavy atom. The van der Waals surface area contributed by atoms with Crippen molar-refractivity contribution < 1.29 is 4.92 Å². The predicted molar refractivity (Wildman–Crippen MR) is 68.7 cm³/mol. The van der Waals surface area contributed by atoms with E-state index in [-0.39, 0.29) is 10.6 Å². The summed E-state index contributed by atoms with van der Waals surface area (Å²) in [5, 5.41) is 21.6. The zero-order valence-electron chi connectivity index (χ0n) is 10.8. The van der Waals surface area contributed by atoms with Crippen molar-refractivity contribution in [2.24, 2.45) is 7.05 Å². The lowest BCUT2D eigenvalue weighted by Crippen LogP contribution is -2.24. The summed E-state index contributed by atoms with van der Waals surface area (Å²) in [6.07, 6.45) is 3.38. The largest absolute Gasteiger partial charge is 0.364 e. The Morgan fingerprint density at radius 2 is 2.44 bits per heavy atom. The lowest BCUT2D eigenvalue weighted by Gasteiger charge is -2.11. The zero-order chi connectivity index (χ0) is 13.1.